The van der Waals surface area contributed by atoms with Crippen LogP contribution in [0.2, 0.25) is 0 Å². The van der Waals surface area contributed by atoms with Crippen molar-refractivity contribution in [1.29, 1.82) is 0 Å². The predicted octanol–water partition coefficient (Wildman–Crippen LogP) is 2.05. The standard InChI is InChI=1S/C14H22FN3O/c1-3-5-8-18(4-2)10-12-9-11(14(19)17-16)6-7-13(12)15/h6-7,9H,3-5,8,10,16H2,1-2H3,(H,17,19). The van der Waals surface area contributed by atoms with E-state index in [4.69, 9.17) is 5.84 Å². The number of nitrogens with two attached hydrogens (primary N) is 1. The largest absolute Gasteiger partial charge is 0.299 e. The highest BCUT2D eigenvalue weighted by Gasteiger charge is 2.11. The molecule has 0 aliphatic rings. The van der Waals surface area contributed by atoms with Gasteiger partial charge in [0.1, 0.15) is 5.82 Å². The third-order valence-corrected chi connectivity index (χ3v) is 3.11. The summed E-state index contributed by atoms with van der Waals surface area (Å²) in [5.41, 5.74) is 2.96. The molecule has 19 heavy (non-hydrogen) atoms. The molecule has 0 heterocycles. The van der Waals surface area contributed by atoms with Crippen molar-refractivity contribution < 1.29 is 9.18 Å². The fraction of sp³-hybridized carbons (Fsp3) is 0.500. The van der Waals surface area contributed by atoms with E-state index in [0.717, 1.165) is 25.9 Å². The molecule has 0 saturated carbocycles. The Morgan fingerprint density at radius 1 is 1.42 bits per heavy atom. The summed E-state index contributed by atoms with van der Waals surface area (Å²) in [6.07, 6.45) is 2.19. The zero-order valence-corrected chi connectivity index (χ0v) is 11.6. The summed E-state index contributed by atoms with van der Waals surface area (Å²) in [6.45, 7) is 6.46. The summed E-state index contributed by atoms with van der Waals surface area (Å²) in [5, 5.41) is 0. The van der Waals surface area contributed by atoms with Crippen molar-refractivity contribution in [2.24, 2.45) is 5.84 Å². The Balaban J connectivity index is 2.83. The van der Waals surface area contributed by atoms with Gasteiger partial charge in [-0.3, -0.25) is 15.1 Å². The monoisotopic (exact) mass is 267 g/mol. The molecule has 4 nitrogen and oxygen atoms in total. The summed E-state index contributed by atoms with van der Waals surface area (Å²) in [4.78, 5) is 13.6. The fourth-order valence-electron chi connectivity index (χ4n) is 1.89. The zero-order chi connectivity index (χ0) is 14.3. The SMILES string of the molecule is CCCCN(CC)Cc1cc(C(=O)NN)ccc1F. The summed E-state index contributed by atoms with van der Waals surface area (Å²) in [5.74, 6) is 4.39. The molecular weight excluding hydrogens is 245 g/mol. The number of unbranched alkanes of at least 4 members (excludes halogenated alkanes) is 1. The Kier molecular flexibility index (Phi) is 6.45. The lowest BCUT2D eigenvalue weighted by Gasteiger charge is -2.20. The quantitative estimate of drug-likeness (QED) is 0.451. The molecule has 0 radical (unpaired) electrons. The van der Waals surface area contributed by atoms with Crippen LogP contribution in [0.3, 0.4) is 0 Å². The van der Waals surface area contributed by atoms with Crippen LogP contribution in [0.1, 0.15) is 42.6 Å². The lowest BCUT2D eigenvalue weighted by Crippen LogP contribution is -2.30. The molecule has 3 N–H and O–H groups in total. The lowest BCUT2D eigenvalue weighted by molar-refractivity contribution is 0.0953. The molecule has 1 amide bonds. The van der Waals surface area contributed by atoms with Crippen LogP contribution >= 0.6 is 0 Å². The first-order chi connectivity index (χ1) is 9.12. The Bertz CT molecular complexity index is 423. The predicted molar refractivity (Wildman–Crippen MR) is 73.9 cm³/mol. The van der Waals surface area contributed by atoms with E-state index in [1.807, 2.05) is 6.92 Å². The molecule has 106 valence electrons. The van der Waals surface area contributed by atoms with Crippen molar-refractivity contribution in [1.82, 2.24) is 10.3 Å². The molecule has 1 rings (SSSR count). The van der Waals surface area contributed by atoms with Gasteiger partial charge in [-0.05, 0) is 37.7 Å². The summed E-state index contributed by atoms with van der Waals surface area (Å²) >= 11 is 0. The molecule has 0 saturated heterocycles. The number of hydrogen-bond acceptors (Lipinski definition) is 3. The molecule has 1 aromatic rings. The van der Waals surface area contributed by atoms with E-state index in [-0.39, 0.29) is 5.82 Å². The molecule has 1 aromatic carbocycles. The van der Waals surface area contributed by atoms with Crippen LogP contribution in [0, 0.1) is 5.82 Å². The van der Waals surface area contributed by atoms with Crippen molar-refractivity contribution in [3.05, 3.63) is 35.1 Å². The van der Waals surface area contributed by atoms with Gasteiger partial charge in [0.15, 0.2) is 0 Å². The number of carbonyl (C=O) groups excluding carboxylic acids is 1. The minimum absolute atomic E-state index is 0.288. The highest BCUT2D eigenvalue weighted by atomic mass is 19.1. The van der Waals surface area contributed by atoms with Crippen molar-refractivity contribution >= 4 is 5.91 Å². The zero-order valence-electron chi connectivity index (χ0n) is 11.6. The smallest absolute Gasteiger partial charge is 0.265 e. The van der Waals surface area contributed by atoms with Gasteiger partial charge in [-0.25, -0.2) is 10.2 Å². The number of nitrogens with one attached hydrogen (secondary N) is 1. The van der Waals surface area contributed by atoms with Gasteiger partial charge in [0.05, 0.1) is 0 Å². The topological polar surface area (TPSA) is 58.4 Å². The number of rotatable bonds is 7. The lowest BCUT2D eigenvalue weighted by atomic mass is 10.1. The minimum atomic E-state index is -0.405. The van der Waals surface area contributed by atoms with Crippen LogP contribution in [-0.2, 0) is 6.54 Å². The van der Waals surface area contributed by atoms with E-state index >= 15 is 0 Å². The Labute approximate surface area is 113 Å². The summed E-state index contributed by atoms with van der Waals surface area (Å²) in [6, 6.07) is 4.31. The molecule has 0 bridgehead atoms. The van der Waals surface area contributed by atoms with Gasteiger partial charge in [-0.15, -0.1) is 0 Å². The fourth-order valence-corrected chi connectivity index (χ4v) is 1.89. The number of carbonyl (C=O) groups is 1. The van der Waals surface area contributed by atoms with Crippen LogP contribution in [0.25, 0.3) is 0 Å². The molecule has 0 aliphatic heterocycles. The minimum Gasteiger partial charge on any atom is -0.299 e. The first kappa shape index (κ1) is 15.6. The third-order valence-electron chi connectivity index (χ3n) is 3.11. The summed E-state index contributed by atoms with van der Waals surface area (Å²) < 4.78 is 13.8. The van der Waals surface area contributed by atoms with E-state index in [1.165, 1.54) is 12.1 Å². The van der Waals surface area contributed by atoms with Gasteiger partial charge < -0.3 is 0 Å². The number of nitrogen functional groups attached to an aromatic ring is 1. The maximum Gasteiger partial charge on any atom is 0.265 e. The number of amides is 1. The second-order valence-corrected chi connectivity index (χ2v) is 4.50. The highest BCUT2D eigenvalue weighted by Crippen LogP contribution is 2.13. The maximum absolute atomic E-state index is 13.8. The van der Waals surface area contributed by atoms with Gasteiger partial charge in [0.25, 0.3) is 5.91 Å². The van der Waals surface area contributed by atoms with Crippen molar-refractivity contribution in [3.8, 4) is 0 Å². The molecule has 0 spiro atoms. The number of benzene rings is 1. The van der Waals surface area contributed by atoms with Crippen molar-refractivity contribution in [3.63, 3.8) is 0 Å². The number of halogens is 1. The molecular formula is C14H22FN3O. The van der Waals surface area contributed by atoms with Crippen LogP contribution in [0.4, 0.5) is 4.39 Å². The summed E-state index contributed by atoms with van der Waals surface area (Å²) in [7, 11) is 0. The van der Waals surface area contributed by atoms with Gasteiger partial charge in [-0.1, -0.05) is 20.3 Å². The number of nitrogens with zero attached hydrogens (tertiary/aromatic N) is 1. The van der Waals surface area contributed by atoms with Gasteiger partial charge in [0.2, 0.25) is 0 Å². The molecule has 0 unspecified atom stereocenters. The maximum atomic E-state index is 13.8. The average Bonchev–Trinajstić information content (AvgIpc) is 2.44. The van der Waals surface area contributed by atoms with Crippen LogP contribution in [-0.4, -0.2) is 23.9 Å². The van der Waals surface area contributed by atoms with Crippen LogP contribution in [0.5, 0.6) is 0 Å². The first-order valence-electron chi connectivity index (χ1n) is 6.64. The normalized spacial score (nSPS) is 10.8. The first-order valence-corrected chi connectivity index (χ1v) is 6.64. The Morgan fingerprint density at radius 2 is 2.16 bits per heavy atom. The van der Waals surface area contributed by atoms with Crippen LogP contribution < -0.4 is 11.3 Å². The third kappa shape index (κ3) is 4.61. The van der Waals surface area contributed by atoms with Gasteiger partial charge in [-0.2, -0.15) is 0 Å². The Hall–Kier alpha value is -1.46. The van der Waals surface area contributed by atoms with Gasteiger partial charge in [0, 0.05) is 17.7 Å². The average molecular weight is 267 g/mol. The van der Waals surface area contributed by atoms with E-state index < -0.39 is 5.91 Å². The molecule has 5 heteroatoms. The number of hydrazine groups is 1. The molecule has 0 aliphatic carbocycles. The molecule has 0 fully saturated rings. The second kappa shape index (κ2) is 7.86. The molecule has 0 aromatic heterocycles. The van der Waals surface area contributed by atoms with Crippen molar-refractivity contribution in [2.75, 3.05) is 13.1 Å². The van der Waals surface area contributed by atoms with Crippen LogP contribution in [0.15, 0.2) is 18.2 Å². The van der Waals surface area contributed by atoms with Gasteiger partial charge >= 0.3 is 0 Å². The highest BCUT2D eigenvalue weighted by molar-refractivity contribution is 5.93. The van der Waals surface area contributed by atoms with Crippen molar-refractivity contribution in [2.45, 2.75) is 33.2 Å². The van der Waals surface area contributed by atoms with E-state index in [1.54, 1.807) is 6.07 Å². The van der Waals surface area contributed by atoms with E-state index in [2.05, 4.69) is 17.2 Å². The molecule has 0 atom stereocenters. The van der Waals surface area contributed by atoms with E-state index in [9.17, 15) is 9.18 Å². The Morgan fingerprint density at radius 3 is 2.74 bits per heavy atom. The second-order valence-electron chi connectivity index (χ2n) is 4.50. The number of hydrogen-bond donors (Lipinski definition) is 2. The van der Waals surface area contributed by atoms with E-state index in [0.29, 0.717) is 17.7 Å².